The van der Waals surface area contributed by atoms with Crippen LogP contribution in [0.2, 0.25) is 0 Å². The number of nitrogens with zero attached hydrogens (tertiary/aromatic N) is 1. The van der Waals surface area contributed by atoms with Gasteiger partial charge in [0.1, 0.15) is 6.10 Å². The van der Waals surface area contributed by atoms with Gasteiger partial charge in [0.15, 0.2) is 0 Å². The highest BCUT2D eigenvalue weighted by Crippen LogP contribution is 2.26. The fourth-order valence-corrected chi connectivity index (χ4v) is 2.38. The molecule has 2 unspecified atom stereocenters. The van der Waals surface area contributed by atoms with Gasteiger partial charge in [-0.2, -0.15) is 0 Å². The molecule has 2 atom stereocenters. The van der Waals surface area contributed by atoms with Crippen LogP contribution in [0, 0.1) is 5.92 Å². The Balaban J connectivity index is 1.81. The van der Waals surface area contributed by atoms with Gasteiger partial charge in [-0.15, -0.1) is 0 Å². The lowest BCUT2D eigenvalue weighted by Gasteiger charge is -2.26. The number of hydrogen-bond acceptors (Lipinski definition) is 5. The molecule has 0 radical (unpaired) electrons. The van der Waals surface area contributed by atoms with Crippen molar-refractivity contribution in [1.29, 1.82) is 0 Å². The maximum atomic E-state index is 11.5. The molecule has 1 aliphatic carbocycles. The molecule has 0 N–H and O–H groups in total. The number of imide groups is 1. The lowest BCUT2D eigenvalue weighted by Crippen LogP contribution is -2.34. The van der Waals surface area contributed by atoms with E-state index in [1.54, 1.807) is 0 Å². The smallest absolute Gasteiger partial charge is 0.429 e. The Kier molecular flexibility index (Phi) is 3.84. The summed E-state index contributed by atoms with van der Waals surface area (Å²) in [6.07, 6.45) is 2.81. The molecular weight excluding hydrogens is 238 g/mol. The Labute approximate surface area is 105 Å². The number of amides is 2. The van der Waals surface area contributed by atoms with Crippen molar-refractivity contribution in [2.24, 2.45) is 5.92 Å². The van der Waals surface area contributed by atoms with Crippen LogP contribution in [0.3, 0.4) is 0 Å². The molecule has 2 aliphatic rings. The highest BCUT2D eigenvalue weighted by molar-refractivity contribution is 6.01. The summed E-state index contributed by atoms with van der Waals surface area (Å²) in [4.78, 5) is 38.6. The number of carbonyl (C=O) groups excluding carboxylic acids is 3. The Morgan fingerprint density at radius 2 is 1.89 bits per heavy atom. The fourth-order valence-electron chi connectivity index (χ4n) is 2.38. The van der Waals surface area contributed by atoms with Crippen molar-refractivity contribution in [2.45, 2.75) is 51.6 Å². The molecule has 18 heavy (non-hydrogen) atoms. The van der Waals surface area contributed by atoms with E-state index in [9.17, 15) is 14.4 Å². The number of carbonyl (C=O) groups is 3. The quantitative estimate of drug-likeness (QED) is 0.555. The summed E-state index contributed by atoms with van der Waals surface area (Å²) in [7, 11) is 0. The standard InChI is InChI=1S/C12H17NO5/c1-8-3-2-4-9(7-8)17-12(16)18-13-10(14)5-6-11(13)15/h8-9H,2-7H2,1H3. The van der Waals surface area contributed by atoms with Gasteiger partial charge in [-0.1, -0.05) is 18.4 Å². The van der Waals surface area contributed by atoms with Crippen LogP contribution in [0.5, 0.6) is 0 Å². The lowest BCUT2D eigenvalue weighted by molar-refractivity contribution is -0.179. The normalized spacial score (nSPS) is 28.4. The molecule has 1 heterocycles. The molecule has 0 aromatic rings. The van der Waals surface area contributed by atoms with Crippen LogP contribution < -0.4 is 0 Å². The largest absolute Gasteiger partial charge is 0.534 e. The summed E-state index contributed by atoms with van der Waals surface area (Å²) < 4.78 is 5.11. The molecule has 0 spiro atoms. The van der Waals surface area contributed by atoms with E-state index in [0.717, 1.165) is 25.7 Å². The molecule has 0 bridgehead atoms. The van der Waals surface area contributed by atoms with Crippen molar-refractivity contribution in [3.05, 3.63) is 0 Å². The summed E-state index contributed by atoms with van der Waals surface area (Å²) in [5, 5.41) is 0.509. The van der Waals surface area contributed by atoms with Crippen LogP contribution >= 0.6 is 0 Å². The van der Waals surface area contributed by atoms with Gasteiger partial charge in [0.05, 0.1) is 0 Å². The van der Waals surface area contributed by atoms with Gasteiger partial charge in [0.25, 0.3) is 11.8 Å². The first-order chi connectivity index (χ1) is 8.56. The zero-order valence-electron chi connectivity index (χ0n) is 10.4. The number of hydrogen-bond donors (Lipinski definition) is 0. The second kappa shape index (κ2) is 5.37. The second-order valence-electron chi connectivity index (χ2n) is 4.93. The Morgan fingerprint density at radius 3 is 2.50 bits per heavy atom. The Bertz CT molecular complexity index is 351. The zero-order chi connectivity index (χ0) is 13.1. The SMILES string of the molecule is CC1CCCC(OC(=O)ON2C(=O)CCC2=O)C1. The minimum absolute atomic E-state index is 0.0899. The molecule has 2 fully saturated rings. The van der Waals surface area contributed by atoms with E-state index in [0.29, 0.717) is 11.0 Å². The molecule has 1 saturated carbocycles. The van der Waals surface area contributed by atoms with Crippen molar-refractivity contribution < 1.29 is 24.0 Å². The molecule has 6 heteroatoms. The molecule has 0 aromatic heterocycles. The minimum Gasteiger partial charge on any atom is -0.429 e. The van der Waals surface area contributed by atoms with Crippen molar-refractivity contribution in [1.82, 2.24) is 5.06 Å². The third-order valence-corrected chi connectivity index (χ3v) is 3.32. The zero-order valence-corrected chi connectivity index (χ0v) is 10.4. The predicted octanol–water partition coefficient (Wildman–Crippen LogP) is 1.78. The average molecular weight is 255 g/mol. The summed E-state index contributed by atoms with van der Waals surface area (Å²) in [5.74, 6) is -0.463. The van der Waals surface area contributed by atoms with Gasteiger partial charge < -0.3 is 4.74 Å². The van der Waals surface area contributed by atoms with Crippen LogP contribution in [0.15, 0.2) is 0 Å². The van der Waals surface area contributed by atoms with E-state index in [1.165, 1.54) is 0 Å². The van der Waals surface area contributed by atoms with Gasteiger partial charge in [-0.3, -0.25) is 14.4 Å². The van der Waals surface area contributed by atoms with E-state index < -0.39 is 18.0 Å². The Morgan fingerprint density at radius 1 is 1.22 bits per heavy atom. The summed E-state index contributed by atoms with van der Waals surface area (Å²) in [6.45, 7) is 2.11. The molecule has 2 amide bonds. The van der Waals surface area contributed by atoms with Gasteiger partial charge in [-0.25, -0.2) is 4.79 Å². The van der Waals surface area contributed by atoms with E-state index in [4.69, 9.17) is 4.74 Å². The van der Waals surface area contributed by atoms with Gasteiger partial charge in [0, 0.05) is 12.8 Å². The summed E-state index contributed by atoms with van der Waals surface area (Å²) >= 11 is 0. The predicted molar refractivity (Wildman–Crippen MR) is 60.1 cm³/mol. The highest BCUT2D eigenvalue weighted by atomic mass is 16.8. The van der Waals surface area contributed by atoms with Crippen molar-refractivity contribution >= 4 is 18.0 Å². The minimum atomic E-state index is -0.960. The molecular formula is C12H17NO5. The van der Waals surface area contributed by atoms with Crippen molar-refractivity contribution in [2.75, 3.05) is 0 Å². The molecule has 6 nitrogen and oxygen atoms in total. The molecule has 2 rings (SSSR count). The maximum absolute atomic E-state index is 11.5. The van der Waals surface area contributed by atoms with Crippen LogP contribution in [0.4, 0.5) is 4.79 Å². The number of hydroxylamine groups is 2. The monoisotopic (exact) mass is 255 g/mol. The van der Waals surface area contributed by atoms with Crippen LogP contribution in [0.25, 0.3) is 0 Å². The highest BCUT2D eigenvalue weighted by Gasteiger charge is 2.34. The Hall–Kier alpha value is -1.59. The third-order valence-electron chi connectivity index (χ3n) is 3.32. The summed E-state index contributed by atoms with van der Waals surface area (Å²) in [5.41, 5.74) is 0. The molecule has 1 saturated heterocycles. The first-order valence-corrected chi connectivity index (χ1v) is 6.30. The first kappa shape index (κ1) is 12.9. The average Bonchev–Trinajstić information content (AvgIpc) is 2.61. The van der Waals surface area contributed by atoms with Crippen molar-refractivity contribution in [3.63, 3.8) is 0 Å². The molecule has 1 aliphatic heterocycles. The molecule has 0 aromatic carbocycles. The van der Waals surface area contributed by atoms with E-state index in [2.05, 4.69) is 11.8 Å². The summed E-state index contributed by atoms with van der Waals surface area (Å²) in [6, 6.07) is 0. The van der Waals surface area contributed by atoms with E-state index in [-0.39, 0.29) is 18.9 Å². The van der Waals surface area contributed by atoms with Gasteiger partial charge in [-0.05, 0) is 25.2 Å². The van der Waals surface area contributed by atoms with Gasteiger partial charge >= 0.3 is 6.16 Å². The van der Waals surface area contributed by atoms with Crippen LogP contribution in [-0.2, 0) is 19.2 Å². The fraction of sp³-hybridized carbons (Fsp3) is 0.750. The van der Waals surface area contributed by atoms with Crippen LogP contribution in [0.1, 0.15) is 45.4 Å². The van der Waals surface area contributed by atoms with E-state index in [1.807, 2.05) is 0 Å². The third kappa shape index (κ3) is 3.00. The van der Waals surface area contributed by atoms with Crippen molar-refractivity contribution in [3.8, 4) is 0 Å². The topological polar surface area (TPSA) is 72.9 Å². The van der Waals surface area contributed by atoms with E-state index >= 15 is 0 Å². The number of rotatable bonds is 2. The van der Waals surface area contributed by atoms with Gasteiger partial charge in [0.2, 0.25) is 0 Å². The second-order valence-corrected chi connectivity index (χ2v) is 4.93. The lowest BCUT2D eigenvalue weighted by atomic mass is 9.89. The maximum Gasteiger partial charge on any atom is 0.534 e. The van der Waals surface area contributed by atoms with Crippen LogP contribution in [-0.4, -0.2) is 29.1 Å². The molecule has 100 valence electrons. The first-order valence-electron chi connectivity index (χ1n) is 6.30. The number of ether oxygens (including phenoxy) is 1.